The van der Waals surface area contributed by atoms with Gasteiger partial charge >= 0.3 is 7.05 Å². The molecule has 18 heavy (non-hydrogen) atoms. The van der Waals surface area contributed by atoms with Gasteiger partial charge in [-0.2, -0.15) is 5.10 Å². The van der Waals surface area contributed by atoms with Crippen molar-refractivity contribution in [3.8, 4) is 0 Å². The van der Waals surface area contributed by atoms with Gasteiger partial charge in [0.2, 0.25) is 0 Å². The average Bonchev–Trinajstić information content (AvgIpc) is 2.78. The lowest BCUT2D eigenvalue weighted by atomic mass is 9.76. The van der Waals surface area contributed by atoms with E-state index in [1.165, 1.54) is 0 Å². The molecule has 1 aliphatic rings. The predicted molar refractivity (Wildman–Crippen MR) is 73.9 cm³/mol. The second-order valence-electron chi connectivity index (χ2n) is 5.93. The molecule has 1 aromatic carbocycles. The summed E-state index contributed by atoms with van der Waals surface area (Å²) in [7, 11) is -0.137. The molecule has 0 unspecified atom stereocenters. The Labute approximate surface area is 107 Å². The molecule has 94 valence electrons. The molecule has 5 heteroatoms. The van der Waals surface area contributed by atoms with Gasteiger partial charge in [-0.3, -0.25) is 5.10 Å². The van der Waals surface area contributed by atoms with Crippen molar-refractivity contribution >= 4 is 23.5 Å². The second-order valence-corrected chi connectivity index (χ2v) is 5.93. The molecule has 2 heterocycles. The number of H-pyrrole nitrogens is 1. The maximum Gasteiger partial charge on any atom is 0.436 e. The minimum atomic E-state index is -0.218. The van der Waals surface area contributed by atoms with Crippen LogP contribution in [0.4, 0.5) is 0 Å². The van der Waals surface area contributed by atoms with Crippen LogP contribution in [0.25, 0.3) is 10.9 Å². The highest BCUT2D eigenvalue weighted by atomic mass is 16.5. The molecule has 1 fully saturated rings. The van der Waals surface area contributed by atoms with Crippen LogP contribution in [0.2, 0.25) is 0 Å². The van der Waals surface area contributed by atoms with Gasteiger partial charge in [-0.05, 0) is 33.8 Å². The number of benzene rings is 1. The number of rotatable bonds is 1. The van der Waals surface area contributed by atoms with E-state index in [-0.39, 0.29) is 18.2 Å². The SMILES string of the molecule is CC1(C)NB(c2[nH]nc3ccccc23)OC1(C)C. The van der Waals surface area contributed by atoms with Crippen molar-refractivity contribution in [1.29, 1.82) is 0 Å². The molecule has 0 radical (unpaired) electrons. The van der Waals surface area contributed by atoms with Crippen LogP contribution in [0.1, 0.15) is 27.7 Å². The van der Waals surface area contributed by atoms with Crippen molar-refractivity contribution in [1.82, 2.24) is 15.4 Å². The van der Waals surface area contributed by atoms with Crippen LogP contribution in [0.15, 0.2) is 24.3 Å². The largest absolute Gasteiger partial charge is 0.436 e. The summed E-state index contributed by atoms with van der Waals surface area (Å²) in [5.74, 6) is 0. The van der Waals surface area contributed by atoms with Gasteiger partial charge in [0.25, 0.3) is 0 Å². The van der Waals surface area contributed by atoms with Gasteiger partial charge in [0.15, 0.2) is 0 Å². The lowest BCUT2D eigenvalue weighted by Gasteiger charge is -2.33. The molecule has 0 atom stereocenters. The normalized spacial score (nSPS) is 21.7. The first kappa shape index (κ1) is 11.7. The zero-order chi connectivity index (χ0) is 13.0. The highest BCUT2D eigenvalue weighted by molar-refractivity contribution is 6.67. The number of nitrogens with one attached hydrogen (secondary N) is 2. The third-order valence-corrected chi connectivity index (χ3v) is 4.16. The summed E-state index contributed by atoms with van der Waals surface area (Å²) in [5, 5.41) is 12.0. The second kappa shape index (κ2) is 3.59. The molecule has 0 amide bonds. The molecule has 0 bridgehead atoms. The van der Waals surface area contributed by atoms with E-state index < -0.39 is 0 Å². The fourth-order valence-corrected chi connectivity index (χ4v) is 2.28. The minimum Gasteiger partial charge on any atom is -0.410 e. The van der Waals surface area contributed by atoms with E-state index in [1.54, 1.807) is 0 Å². The molecule has 1 saturated heterocycles. The monoisotopic (exact) mass is 243 g/mol. The molecule has 2 aromatic rings. The highest BCUT2D eigenvalue weighted by Crippen LogP contribution is 2.31. The van der Waals surface area contributed by atoms with Gasteiger partial charge in [-0.1, -0.05) is 18.2 Å². The van der Waals surface area contributed by atoms with Gasteiger partial charge in [-0.25, -0.2) is 0 Å². The number of hydrogen-bond donors (Lipinski definition) is 2. The Morgan fingerprint density at radius 2 is 1.89 bits per heavy atom. The number of fused-ring (bicyclic) bond motifs is 1. The van der Waals surface area contributed by atoms with Gasteiger partial charge in [0.05, 0.1) is 16.7 Å². The van der Waals surface area contributed by atoms with Crippen molar-refractivity contribution < 1.29 is 4.65 Å². The Kier molecular flexibility index (Phi) is 2.34. The maximum absolute atomic E-state index is 6.13. The van der Waals surface area contributed by atoms with E-state index in [4.69, 9.17) is 4.65 Å². The van der Waals surface area contributed by atoms with Gasteiger partial charge in [-0.15, -0.1) is 0 Å². The first-order valence-corrected chi connectivity index (χ1v) is 6.29. The van der Waals surface area contributed by atoms with Crippen molar-refractivity contribution in [3.05, 3.63) is 24.3 Å². The predicted octanol–water partition coefficient (Wildman–Crippen LogP) is 1.44. The summed E-state index contributed by atoms with van der Waals surface area (Å²) < 4.78 is 6.13. The van der Waals surface area contributed by atoms with E-state index in [0.717, 1.165) is 16.5 Å². The molecule has 3 rings (SSSR count). The molecule has 1 aromatic heterocycles. The molecule has 0 spiro atoms. The average molecular weight is 243 g/mol. The van der Waals surface area contributed by atoms with Crippen molar-refractivity contribution in [2.45, 2.75) is 38.8 Å². The van der Waals surface area contributed by atoms with Crippen LogP contribution in [0, 0.1) is 0 Å². The van der Waals surface area contributed by atoms with Crippen LogP contribution >= 0.6 is 0 Å². The fraction of sp³-hybridized carbons (Fsp3) is 0.462. The first-order chi connectivity index (χ1) is 8.41. The molecule has 0 saturated carbocycles. The lowest BCUT2D eigenvalue weighted by Crippen LogP contribution is -2.52. The quantitative estimate of drug-likeness (QED) is 0.745. The summed E-state index contributed by atoms with van der Waals surface area (Å²) in [6, 6.07) is 8.08. The topological polar surface area (TPSA) is 49.9 Å². The van der Waals surface area contributed by atoms with Crippen LogP contribution in [-0.4, -0.2) is 28.4 Å². The Balaban J connectivity index is 2.03. The summed E-state index contributed by atoms with van der Waals surface area (Å²) in [6.45, 7) is 8.54. The number of para-hydroxylation sites is 1. The van der Waals surface area contributed by atoms with Crippen LogP contribution < -0.4 is 10.8 Å². The zero-order valence-corrected chi connectivity index (χ0v) is 11.2. The first-order valence-electron chi connectivity index (χ1n) is 6.29. The molecular weight excluding hydrogens is 225 g/mol. The van der Waals surface area contributed by atoms with Crippen molar-refractivity contribution in [3.63, 3.8) is 0 Å². The van der Waals surface area contributed by atoms with Crippen molar-refractivity contribution in [2.24, 2.45) is 0 Å². The Morgan fingerprint density at radius 3 is 2.56 bits per heavy atom. The summed E-state index contributed by atoms with van der Waals surface area (Å²) in [5.41, 5.74) is 1.68. The van der Waals surface area contributed by atoms with Crippen LogP contribution in [0.3, 0.4) is 0 Å². The van der Waals surface area contributed by atoms with E-state index in [2.05, 4.69) is 49.2 Å². The number of aromatic nitrogens is 2. The summed E-state index contributed by atoms with van der Waals surface area (Å²) in [4.78, 5) is 0. The smallest absolute Gasteiger partial charge is 0.410 e. The maximum atomic E-state index is 6.13. The standard InChI is InChI=1S/C13H18BN3O/c1-12(2)13(3,4)18-14(17-12)11-9-7-5-6-8-10(9)15-16-11/h5-8,17H,1-4H3,(H,15,16). The molecular formula is C13H18BN3O. The van der Waals surface area contributed by atoms with Crippen LogP contribution in [-0.2, 0) is 4.65 Å². The van der Waals surface area contributed by atoms with E-state index in [1.807, 2.05) is 18.2 Å². The fourth-order valence-electron chi connectivity index (χ4n) is 2.28. The molecule has 1 aliphatic heterocycles. The third kappa shape index (κ3) is 1.58. The zero-order valence-electron chi connectivity index (χ0n) is 11.2. The lowest BCUT2D eigenvalue weighted by molar-refractivity contribution is 0.0749. The Morgan fingerprint density at radius 1 is 1.17 bits per heavy atom. The minimum absolute atomic E-state index is 0.0795. The van der Waals surface area contributed by atoms with Crippen molar-refractivity contribution in [2.75, 3.05) is 0 Å². The Bertz CT molecular complexity index is 575. The van der Waals surface area contributed by atoms with Crippen LogP contribution in [0.5, 0.6) is 0 Å². The number of nitrogens with zero attached hydrogens (tertiary/aromatic N) is 1. The third-order valence-electron chi connectivity index (χ3n) is 4.16. The van der Waals surface area contributed by atoms with E-state index >= 15 is 0 Å². The number of aromatic amines is 1. The van der Waals surface area contributed by atoms with E-state index in [9.17, 15) is 0 Å². The number of hydrogen-bond acceptors (Lipinski definition) is 3. The molecule has 4 nitrogen and oxygen atoms in total. The van der Waals surface area contributed by atoms with E-state index in [0.29, 0.717) is 0 Å². The summed E-state index contributed by atoms with van der Waals surface area (Å²) in [6.07, 6.45) is 0. The highest BCUT2D eigenvalue weighted by Gasteiger charge is 2.50. The molecule has 2 N–H and O–H groups in total. The molecule has 0 aliphatic carbocycles. The Hall–Kier alpha value is -1.33. The van der Waals surface area contributed by atoms with Gasteiger partial charge in [0.1, 0.15) is 0 Å². The van der Waals surface area contributed by atoms with Gasteiger partial charge in [0, 0.05) is 10.9 Å². The summed E-state index contributed by atoms with van der Waals surface area (Å²) >= 11 is 0. The van der Waals surface area contributed by atoms with Gasteiger partial charge < -0.3 is 9.88 Å².